The monoisotopic (exact) mass is 252 g/mol. The average molecular weight is 252 g/mol. The maximum absolute atomic E-state index is 5.08. The third-order valence-electron chi connectivity index (χ3n) is 3.16. The fraction of sp³-hybridized carbons (Fsp3) is 0.733. The van der Waals surface area contributed by atoms with Crippen LogP contribution in [0.3, 0.4) is 0 Å². The van der Waals surface area contributed by atoms with Crippen molar-refractivity contribution in [2.45, 2.75) is 52.1 Å². The minimum absolute atomic E-state index is 0.513. The average Bonchev–Trinajstić information content (AvgIpc) is 2.83. The SMILES string of the molecule is CCCNC(CCC)c1ccn(CCCOC)c1. The van der Waals surface area contributed by atoms with Gasteiger partial charge in [0.05, 0.1) is 0 Å². The van der Waals surface area contributed by atoms with Crippen molar-refractivity contribution >= 4 is 0 Å². The van der Waals surface area contributed by atoms with Crippen molar-refractivity contribution in [1.29, 1.82) is 0 Å². The molecule has 3 heteroatoms. The van der Waals surface area contributed by atoms with Crippen LogP contribution in [-0.2, 0) is 11.3 Å². The van der Waals surface area contributed by atoms with E-state index in [1.807, 2.05) is 0 Å². The molecule has 0 spiro atoms. The van der Waals surface area contributed by atoms with Crippen LogP contribution in [0.4, 0.5) is 0 Å². The van der Waals surface area contributed by atoms with Gasteiger partial charge in [0.2, 0.25) is 0 Å². The van der Waals surface area contributed by atoms with Crippen LogP contribution in [0, 0.1) is 0 Å². The van der Waals surface area contributed by atoms with Gasteiger partial charge in [-0.25, -0.2) is 0 Å². The number of nitrogens with one attached hydrogen (secondary N) is 1. The van der Waals surface area contributed by atoms with Gasteiger partial charge in [0.25, 0.3) is 0 Å². The van der Waals surface area contributed by atoms with Gasteiger partial charge in [-0.2, -0.15) is 0 Å². The number of hydrogen-bond donors (Lipinski definition) is 1. The Bertz CT molecular complexity index is 309. The van der Waals surface area contributed by atoms with Gasteiger partial charge in [0.15, 0.2) is 0 Å². The molecule has 0 aromatic carbocycles. The lowest BCUT2D eigenvalue weighted by Gasteiger charge is -2.16. The van der Waals surface area contributed by atoms with Crippen LogP contribution < -0.4 is 5.32 Å². The Kier molecular flexibility index (Phi) is 7.78. The summed E-state index contributed by atoms with van der Waals surface area (Å²) in [4.78, 5) is 0. The summed E-state index contributed by atoms with van der Waals surface area (Å²) < 4.78 is 7.35. The van der Waals surface area contributed by atoms with Gasteiger partial charge in [-0.3, -0.25) is 0 Å². The van der Waals surface area contributed by atoms with E-state index in [0.29, 0.717) is 6.04 Å². The van der Waals surface area contributed by atoms with E-state index in [1.165, 1.54) is 24.8 Å². The minimum Gasteiger partial charge on any atom is -0.385 e. The summed E-state index contributed by atoms with van der Waals surface area (Å²) in [5.41, 5.74) is 1.42. The normalized spacial score (nSPS) is 12.8. The molecule has 0 amide bonds. The second kappa shape index (κ2) is 9.17. The number of hydrogen-bond acceptors (Lipinski definition) is 2. The van der Waals surface area contributed by atoms with Gasteiger partial charge in [0, 0.05) is 38.7 Å². The summed E-state index contributed by atoms with van der Waals surface area (Å²) in [5.74, 6) is 0. The van der Waals surface area contributed by atoms with E-state index in [4.69, 9.17) is 4.74 Å². The molecule has 0 bridgehead atoms. The molecule has 0 saturated heterocycles. The molecule has 1 aromatic heterocycles. The maximum Gasteiger partial charge on any atom is 0.0479 e. The molecule has 0 aliphatic carbocycles. The van der Waals surface area contributed by atoms with Gasteiger partial charge in [0.1, 0.15) is 0 Å². The molecule has 18 heavy (non-hydrogen) atoms. The number of methoxy groups -OCH3 is 1. The number of ether oxygens (including phenoxy) is 1. The molecule has 0 saturated carbocycles. The molecule has 0 aliphatic heterocycles. The molecule has 104 valence electrons. The van der Waals surface area contributed by atoms with Crippen molar-refractivity contribution in [3.63, 3.8) is 0 Å². The highest BCUT2D eigenvalue weighted by atomic mass is 16.5. The van der Waals surface area contributed by atoms with E-state index in [-0.39, 0.29) is 0 Å². The van der Waals surface area contributed by atoms with Crippen molar-refractivity contribution in [2.75, 3.05) is 20.3 Å². The van der Waals surface area contributed by atoms with E-state index in [1.54, 1.807) is 7.11 Å². The Morgan fingerprint density at radius 2 is 2.17 bits per heavy atom. The number of rotatable bonds is 10. The predicted octanol–water partition coefficient (Wildman–Crippen LogP) is 3.37. The fourth-order valence-electron chi connectivity index (χ4n) is 2.19. The first-order chi connectivity index (χ1) is 8.81. The first kappa shape index (κ1) is 15.3. The smallest absolute Gasteiger partial charge is 0.0479 e. The number of aryl methyl sites for hydroxylation is 1. The van der Waals surface area contributed by atoms with E-state index >= 15 is 0 Å². The van der Waals surface area contributed by atoms with Crippen LogP contribution in [0.1, 0.15) is 51.1 Å². The lowest BCUT2D eigenvalue weighted by Crippen LogP contribution is -2.21. The van der Waals surface area contributed by atoms with Crippen molar-refractivity contribution in [3.05, 3.63) is 24.0 Å². The molecule has 0 radical (unpaired) electrons. The highest BCUT2D eigenvalue weighted by Crippen LogP contribution is 2.19. The quantitative estimate of drug-likeness (QED) is 0.646. The Hall–Kier alpha value is -0.800. The predicted molar refractivity (Wildman–Crippen MR) is 76.9 cm³/mol. The van der Waals surface area contributed by atoms with Crippen molar-refractivity contribution in [2.24, 2.45) is 0 Å². The number of nitrogens with zero attached hydrogens (tertiary/aromatic N) is 1. The molecular weight excluding hydrogens is 224 g/mol. The highest BCUT2D eigenvalue weighted by Gasteiger charge is 2.10. The highest BCUT2D eigenvalue weighted by molar-refractivity contribution is 5.15. The molecule has 0 fully saturated rings. The lowest BCUT2D eigenvalue weighted by molar-refractivity contribution is 0.190. The van der Waals surface area contributed by atoms with Gasteiger partial charge >= 0.3 is 0 Å². The Morgan fingerprint density at radius 1 is 1.33 bits per heavy atom. The zero-order chi connectivity index (χ0) is 13.2. The van der Waals surface area contributed by atoms with Crippen LogP contribution in [0.25, 0.3) is 0 Å². The maximum atomic E-state index is 5.08. The molecular formula is C15H28N2O. The summed E-state index contributed by atoms with van der Waals surface area (Å²) in [6.45, 7) is 7.43. The van der Waals surface area contributed by atoms with Crippen molar-refractivity contribution in [3.8, 4) is 0 Å². The topological polar surface area (TPSA) is 26.2 Å². The second-order valence-electron chi connectivity index (χ2n) is 4.82. The minimum atomic E-state index is 0.513. The third-order valence-corrected chi connectivity index (χ3v) is 3.16. The van der Waals surface area contributed by atoms with Gasteiger partial charge in [-0.05, 0) is 37.4 Å². The Balaban J connectivity index is 2.50. The molecule has 1 N–H and O–H groups in total. The molecule has 3 nitrogen and oxygen atoms in total. The molecule has 1 heterocycles. The Labute approximate surface area is 112 Å². The zero-order valence-electron chi connectivity index (χ0n) is 12.1. The molecule has 1 aromatic rings. The van der Waals surface area contributed by atoms with Crippen LogP contribution in [-0.4, -0.2) is 24.8 Å². The summed E-state index contributed by atoms with van der Waals surface area (Å²) in [5, 5.41) is 3.63. The molecule has 0 aliphatic rings. The number of aromatic nitrogens is 1. The first-order valence-electron chi connectivity index (χ1n) is 7.19. The molecule has 1 rings (SSSR count). The van der Waals surface area contributed by atoms with Gasteiger partial charge in [-0.15, -0.1) is 0 Å². The summed E-state index contributed by atoms with van der Waals surface area (Å²) in [7, 11) is 1.76. The van der Waals surface area contributed by atoms with Crippen LogP contribution >= 0.6 is 0 Å². The Morgan fingerprint density at radius 3 is 2.83 bits per heavy atom. The van der Waals surface area contributed by atoms with Crippen molar-refractivity contribution in [1.82, 2.24) is 9.88 Å². The lowest BCUT2D eigenvalue weighted by atomic mass is 10.1. The fourth-order valence-corrected chi connectivity index (χ4v) is 2.19. The van der Waals surface area contributed by atoms with E-state index in [0.717, 1.165) is 26.1 Å². The van der Waals surface area contributed by atoms with E-state index in [9.17, 15) is 0 Å². The largest absolute Gasteiger partial charge is 0.385 e. The second-order valence-corrected chi connectivity index (χ2v) is 4.82. The third kappa shape index (κ3) is 5.23. The van der Waals surface area contributed by atoms with Gasteiger partial charge in [-0.1, -0.05) is 20.3 Å². The molecule has 1 unspecified atom stereocenters. The first-order valence-corrected chi connectivity index (χ1v) is 7.19. The van der Waals surface area contributed by atoms with Crippen molar-refractivity contribution < 1.29 is 4.74 Å². The summed E-state index contributed by atoms with van der Waals surface area (Å²) in [6, 6.07) is 2.76. The summed E-state index contributed by atoms with van der Waals surface area (Å²) >= 11 is 0. The standard InChI is InChI=1S/C15H28N2O/c1-4-7-15(16-9-5-2)14-8-11-17(13-14)10-6-12-18-3/h8,11,13,15-16H,4-7,9-10,12H2,1-3H3. The van der Waals surface area contributed by atoms with Gasteiger partial charge < -0.3 is 14.6 Å². The van der Waals surface area contributed by atoms with E-state index in [2.05, 4.69) is 42.2 Å². The zero-order valence-corrected chi connectivity index (χ0v) is 12.1. The van der Waals surface area contributed by atoms with Crippen LogP contribution in [0.5, 0.6) is 0 Å². The van der Waals surface area contributed by atoms with Crippen LogP contribution in [0.15, 0.2) is 18.5 Å². The van der Waals surface area contributed by atoms with E-state index < -0.39 is 0 Å². The molecule has 1 atom stereocenters. The van der Waals surface area contributed by atoms with Crippen LogP contribution in [0.2, 0.25) is 0 Å². The summed E-state index contributed by atoms with van der Waals surface area (Å²) in [6.07, 6.45) is 9.15.